The van der Waals surface area contributed by atoms with Crippen LogP contribution in [0.5, 0.6) is 0 Å². The number of rotatable bonds is 7. The highest BCUT2D eigenvalue weighted by molar-refractivity contribution is 7.98. The van der Waals surface area contributed by atoms with Gasteiger partial charge in [0.1, 0.15) is 0 Å². The Labute approximate surface area is 104 Å². The minimum Gasteiger partial charge on any atom is -0.355 e. The predicted octanol–water partition coefficient (Wildman–Crippen LogP) is 2.01. The zero-order valence-electron chi connectivity index (χ0n) is 11.0. The van der Waals surface area contributed by atoms with E-state index in [1.807, 2.05) is 32.5 Å². The van der Waals surface area contributed by atoms with Crippen LogP contribution in [0.25, 0.3) is 0 Å². The molecule has 0 saturated heterocycles. The molecule has 96 valence electrons. The molecule has 0 heterocycles. The van der Waals surface area contributed by atoms with Crippen LogP contribution in [-0.4, -0.2) is 30.5 Å². The lowest BCUT2D eigenvalue weighted by Gasteiger charge is -2.25. The van der Waals surface area contributed by atoms with Gasteiger partial charge in [0.2, 0.25) is 5.91 Å². The molecule has 0 aromatic carbocycles. The van der Waals surface area contributed by atoms with Gasteiger partial charge in [0, 0.05) is 6.54 Å². The topological polar surface area (TPSA) is 55.1 Å². The second kappa shape index (κ2) is 7.96. The largest absolute Gasteiger partial charge is 0.355 e. The molecule has 0 saturated carbocycles. The van der Waals surface area contributed by atoms with E-state index < -0.39 is 6.04 Å². The zero-order valence-corrected chi connectivity index (χ0v) is 11.8. The van der Waals surface area contributed by atoms with Crippen LogP contribution in [0.4, 0.5) is 0 Å². The highest BCUT2D eigenvalue weighted by atomic mass is 32.2. The van der Waals surface area contributed by atoms with Crippen LogP contribution in [-0.2, 0) is 4.79 Å². The van der Waals surface area contributed by atoms with Crippen molar-refractivity contribution in [2.24, 2.45) is 11.1 Å². The van der Waals surface area contributed by atoms with E-state index in [4.69, 9.17) is 5.73 Å². The molecule has 0 aromatic heterocycles. The second-order valence-corrected chi connectivity index (χ2v) is 6.17. The van der Waals surface area contributed by atoms with Gasteiger partial charge in [-0.1, -0.05) is 27.2 Å². The van der Waals surface area contributed by atoms with Crippen molar-refractivity contribution in [3.05, 3.63) is 0 Å². The van der Waals surface area contributed by atoms with E-state index >= 15 is 0 Å². The summed E-state index contributed by atoms with van der Waals surface area (Å²) in [5, 5.41) is 2.90. The van der Waals surface area contributed by atoms with Gasteiger partial charge in [-0.05, 0) is 30.3 Å². The highest BCUT2D eigenvalue weighted by Gasteiger charge is 2.26. The number of nitrogens with one attached hydrogen (secondary N) is 1. The number of hydrogen-bond donors (Lipinski definition) is 2. The summed E-state index contributed by atoms with van der Waals surface area (Å²) in [6.07, 6.45) is 5.56. The Morgan fingerprint density at radius 1 is 1.31 bits per heavy atom. The van der Waals surface area contributed by atoms with Gasteiger partial charge in [-0.25, -0.2) is 0 Å². The SMILES string of the molecule is CSCCCCCNC(=O)C(N)C(C)(C)C. The molecule has 16 heavy (non-hydrogen) atoms. The second-order valence-electron chi connectivity index (χ2n) is 5.19. The maximum atomic E-state index is 11.6. The Bertz CT molecular complexity index is 202. The van der Waals surface area contributed by atoms with Crippen molar-refractivity contribution in [3.8, 4) is 0 Å². The van der Waals surface area contributed by atoms with Gasteiger partial charge in [-0.3, -0.25) is 4.79 Å². The van der Waals surface area contributed by atoms with Crippen molar-refractivity contribution in [3.63, 3.8) is 0 Å². The van der Waals surface area contributed by atoms with Gasteiger partial charge in [0.05, 0.1) is 6.04 Å². The summed E-state index contributed by atoms with van der Waals surface area (Å²) in [6.45, 7) is 6.69. The molecule has 0 fully saturated rings. The monoisotopic (exact) mass is 246 g/mol. The summed E-state index contributed by atoms with van der Waals surface area (Å²) in [4.78, 5) is 11.6. The molecule has 0 radical (unpaired) electrons. The molecule has 3 N–H and O–H groups in total. The summed E-state index contributed by atoms with van der Waals surface area (Å²) in [5.41, 5.74) is 5.68. The first-order valence-electron chi connectivity index (χ1n) is 5.92. The number of unbranched alkanes of at least 4 members (excludes halogenated alkanes) is 2. The molecule has 4 heteroatoms. The van der Waals surface area contributed by atoms with Crippen LogP contribution in [0.3, 0.4) is 0 Å². The van der Waals surface area contributed by atoms with E-state index in [9.17, 15) is 4.79 Å². The van der Waals surface area contributed by atoms with Crippen LogP contribution in [0.1, 0.15) is 40.0 Å². The van der Waals surface area contributed by atoms with Crippen molar-refractivity contribution in [1.82, 2.24) is 5.32 Å². The maximum absolute atomic E-state index is 11.6. The van der Waals surface area contributed by atoms with E-state index in [1.54, 1.807) is 0 Å². The molecule has 0 rings (SSSR count). The Morgan fingerprint density at radius 2 is 1.94 bits per heavy atom. The lowest BCUT2D eigenvalue weighted by atomic mass is 9.87. The van der Waals surface area contributed by atoms with Gasteiger partial charge in [0.25, 0.3) is 0 Å². The third-order valence-electron chi connectivity index (χ3n) is 2.54. The highest BCUT2D eigenvalue weighted by Crippen LogP contribution is 2.17. The Kier molecular flexibility index (Phi) is 7.85. The fourth-order valence-electron chi connectivity index (χ4n) is 1.26. The lowest BCUT2D eigenvalue weighted by molar-refractivity contribution is -0.124. The molecule has 0 aliphatic rings. The fourth-order valence-corrected chi connectivity index (χ4v) is 1.76. The molecule has 1 amide bonds. The van der Waals surface area contributed by atoms with Crippen molar-refractivity contribution < 1.29 is 4.79 Å². The molecule has 1 atom stereocenters. The maximum Gasteiger partial charge on any atom is 0.237 e. The van der Waals surface area contributed by atoms with Crippen LogP contribution in [0.2, 0.25) is 0 Å². The van der Waals surface area contributed by atoms with Crippen molar-refractivity contribution in [2.75, 3.05) is 18.6 Å². The van der Waals surface area contributed by atoms with Crippen molar-refractivity contribution in [2.45, 2.75) is 46.1 Å². The first-order chi connectivity index (χ1) is 7.39. The molecule has 3 nitrogen and oxygen atoms in total. The normalized spacial score (nSPS) is 13.6. The summed E-state index contributed by atoms with van der Waals surface area (Å²) in [7, 11) is 0. The number of nitrogens with two attached hydrogens (primary N) is 1. The third-order valence-corrected chi connectivity index (χ3v) is 3.24. The smallest absolute Gasteiger partial charge is 0.237 e. The predicted molar refractivity (Wildman–Crippen MR) is 72.7 cm³/mol. The molecule has 0 aliphatic carbocycles. The first-order valence-corrected chi connectivity index (χ1v) is 7.31. The molecule has 0 spiro atoms. The molecular weight excluding hydrogens is 220 g/mol. The Morgan fingerprint density at radius 3 is 2.44 bits per heavy atom. The lowest BCUT2D eigenvalue weighted by Crippen LogP contribution is -2.48. The third kappa shape index (κ3) is 7.12. The van der Waals surface area contributed by atoms with E-state index in [0.717, 1.165) is 13.0 Å². The Hall–Kier alpha value is -0.220. The minimum atomic E-state index is -0.418. The van der Waals surface area contributed by atoms with Crippen molar-refractivity contribution >= 4 is 17.7 Å². The van der Waals surface area contributed by atoms with Crippen LogP contribution < -0.4 is 11.1 Å². The molecule has 0 aromatic rings. The van der Waals surface area contributed by atoms with Gasteiger partial charge < -0.3 is 11.1 Å². The summed E-state index contributed by atoms with van der Waals surface area (Å²) >= 11 is 1.87. The fraction of sp³-hybridized carbons (Fsp3) is 0.917. The molecule has 1 unspecified atom stereocenters. The first kappa shape index (κ1) is 15.8. The number of amides is 1. The number of thioether (sulfide) groups is 1. The zero-order chi connectivity index (χ0) is 12.6. The summed E-state index contributed by atoms with van der Waals surface area (Å²) in [5.74, 6) is 1.17. The van der Waals surface area contributed by atoms with Gasteiger partial charge in [-0.2, -0.15) is 11.8 Å². The number of carbonyl (C=O) groups is 1. The summed E-state index contributed by atoms with van der Waals surface area (Å²) < 4.78 is 0. The molecular formula is C12H26N2OS. The van der Waals surface area contributed by atoms with Gasteiger partial charge in [0.15, 0.2) is 0 Å². The molecule has 0 aliphatic heterocycles. The van der Waals surface area contributed by atoms with Crippen LogP contribution in [0.15, 0.2) is 0 Å². The van der Waals surface area contributed by atoms with E-state index in [1.165, 1.54) is 18.6 Å². The van der Waals surface area contributed by atoms with Crippen LogP contribution >= 0.6 is 11.8 Å². The van der Waals surface area contributed by atoms with Crippen LogP contribution in [0, 0.1) is 5.41 Å². The summed E-state index contributed by atoms with van der Waals surface area (Å²) in [6, 6.07) is -0.418. The van der Waals surface area contributed by atoms with Gasteiger partial charge >= 0.3 is 0 Å². The Balaban J connectivity index is 3.58. The van der Waals surface area contributed by atoms with Crippen molar-refractivity contribution in [1.29, 1.82) is 0 Å². The molecule has 0 bridgehead atoms. The quantitative estimate of drug-likeness (QED) is 0.676. The van der Waals surface area contributed by atoms with Gasteiger partial charge in [-0.15, -0.1) is 0 Å². The average Bonchev–Trinajstić information content (AvgIpc) is 2.20. The standard InChI is InChI=1S/C12H26N2OS/c1-12(2,3)10(13)11(15)14-8-6-5-7-9-16-4/h10H,5-9,13H2,1-4H3,(H,14,15). The minimum absolute atomic E-state index is 0.0302. The van der Waals surface area contributed by atoms with E-state index in [0.29, 0.717) is 0 Å². The van der Waals surface area contributed by atoms with E-state index in [-0.39, 0.29) is 11.3 Å². The van der Waals surface area contributed by atoms with E-state index in [2.05, 4.69) is 11.6 Å². The average molecular weight is 246 g/mol. The number of carbonyl (C=O) groups excluding carboxylic acids is 1. The number of hydrogen-bond acceptors (Lipinski definition) is 3.